The van der Waals surface area contributed by atoms with E-state index in [4.69, 9.17) is 0 Å². The zero-order chi connectivity index (χ0) is 13.8. The van der Waals surface area contributed by atoms with Crippen molar-refractivity contribution >= 4 is 5.69 Å². The lowest BCUT2D eigenvalue weighted by Gasteiger charge is -2.27. The molecule has 1 N–H and O–H groups in total. The molecule has 0 aliphatic heterocycles. The minimum atomic E-state index is 0.822. The van der Waals surface area contributed by atoms with Crippen LogP contribution in [0.2, 0.25) is 0 Å². The lowest BCUT2D eigenvalue weighted by atomic mass is 10.0. The third kappa shape index (κ3) is 2.40. The number of benzene rings is 2. The van der Waals surface area contributed by atoms with Crippen molar-refractivity contribution in [3.05, 3.63) is 84.2 Å². The van der Waals surface area contributed by atoms with E-state index in [0.717, 1.165) is 23.0 Å². The molecule has 0 amide bonds. The first-order chi connectivity index (χ1) is 9.86. The van der Waals surface area contributed by atoms with E-state index in [2.05, 4.69) is 44.6 Å². The van der Waals surface area contributed by atoms with Gasteiger partial charge in [0.15, 0.2) is 0 Å². The van der Waals surface area contributed by atoms with Gasteiger partial charge in [-0.3, -0.25) is 5.10 Å². The number of para-hydroxylation sites is 1. The Kier molecular flexibility index (Phi) is 3.46. The van der Waals surface area contributed by atoms with Crippen molar-refractivity contribution in [2.24, 2.45) is 0 Å². The minimum Gasteiger partial charge on any atom is -0.357 e. The molecule has 0 saturated heterocycles. The van der Waals surface area contributed by atoms with E-state index in [1.54, 1.807) is 0 Å². The third-order valence-corrected chi connectivity index (χ3v) is 3.19. The molecule has 0 aliphatic carbocycles. The van der Waals surface area contributed by atoms with Gasteiger partial charge in [0, 0.05) is 18.9 Å². The van der Waals surface area contributed by atoms with E-state index in [1.807, 2.05) is 49.6 Å². The summed E-state index contributed by atoms with van der Waals surface area (Å²) in [5.41, 5.74) is 3.03. The van der Waals surface area contributed by atoms with Crippen molar-refractivity contribution in [3.8, 4) is 0 Å². The van der Waals surface area contributed by atoms with E-state index in [1.165, 1.54) is 0 Å². The number of hydrogen-bond donors (Lipinski definition) is 1. The van der Waals surface area contributed by atoms with E-state index in [9.17, 15) is 0 Å². The molecule has 4 nitrogen and oxygen atoms in total. The van der Waals surface area contributed by atoms with Crippen LogP contribution in [0.1, 0.15) is 11.3 Å². The summed E-state index contributed by atoms with van der Waals surface area (Å²) in [6, 6.07) is 21.4. The van der Waals surface area contributed by atoms with Crippen LogP contribution in [-0.2, 0) is 0 Å². The van der Waals surface area contributed by atoms with Gasteiger partial charge in [-0.25, -0.2) is 0 Å². The topological polar surface area (TPSA) is 44.8 Å². The van der Waals surface area contributed by atoms with E-state index >= 15 is 0 Å². The van der Waals surface area contributed by atoms with Gasteiger partial charge in [0.05, 0.1) is 0 Å². The summed E-state index contributed by atoms with van der Waals surface area (Å²) in [6.07, 6.45) is 1.81. The first-order valence-corrected chi connectivity index (χ1v) is 6.44. The second-order valence-electron chi connectivity index (χ2n) is 4.47. The highest BCUT2D eigenvalue weighted by atomic mass is 15.3. The van der Waals surface area contributed by atoms with Crippen molar-refractivity contribution in [2.75, 3.05) is 11.9 Å². The molecule has 1 aromatic heterocycles. The highest BCUT2D eigenvalue weighted by Gasteiger charge is 2.23. The minimum absolute atomic E-state index is 0.822. The number of nitrogens with zero attached hydrogens (tertiary/aromatic N) is 3. The average Bonchev–Trinajstić information content (AvgIpc) is 3.03. The standard InChI is InChI=1S/C16H15N4/c1-20(14-10-6-3-7-11-14)16(15-12-17-19-18-15)13-8-4-2-5-9-13/h2-12H,1H3,(H,17,18,19). The molecule has 99 valence electrons. The number of rotatable bonds is 4. The number of aromatic nitrogens is 3. The predicted molar refractivity (Wildman–Crippen MR) is 79.1 cm³/mol. The summed E-state index contributed by atoms with van der Waals surface area (Å²) >= 11 is 0. The normalized spacial score (nSPS) is 10.7. The van der Waals surface area contributed by atoms with Crippen LogP contribution < -0.4 is 4.90 Å². The van der Waals surface area contributed by atoms with Gasteiger partial charge >= 0.3 is 0 Å². The molecule has 0 saturated carbocycles. The van der Waals surface area contributed by atoms with Gasteiger partial charge < -0.3 is 4.90 Å². The number of H-pyrrole nitrogens is 1. The Bertz CT molecular complexity index is 635. The van der Waals surface area contributed by atoms with Crippen LogP contribution in [0.4, 0.5) is 5.69 Å². The van der Waals surface area contributed by atoms with Crippen molar-refractivity contribution < 1.29 is 0 Å². The fraction of sp³-hybridized carbons (Fsp3) is 0.0625. The maximum Gasteiger partial charge on any atom is 0.145 e. The fourth-order valence-corrected chi connectivity index (χ4v) is 2.21. The summed E-state index contributed by atoms with van der Waals surface area (Å²) in [7, 11) is 2.03. The van der Waals surface area contributed by atoms with Crippen molar-refractivity contribution in [2.45, 2.75) is 0 Å². The first kappa shape index (κ1) is 12.4. The summed E-state index contributed by atoms with van der Waals surface area (Å²) in [6.45, 7) is 0. The van der Waals surface area contributed by atoms with Crippen molar-refractivity contribution in [1.29, 1.82) is 0 Å². The SMILES string of the molecule is CN([C](c1ccccc1)c1c[nH]nn1)c1ccccc1. The lowest BCUT2D eigenvalue weighted by Crippen LogP contribution is -2.26. The molecular formula is C16H15N4. The zero-order valence-electron chi connectivity index (χ0n) is 11.2. The molecule has 0 fully saturated rings. The van der Waals surface area contributed by atoms with Gasteiger partial charge in [0.2, 0.25) is 0 Å². The molecule has 0 bridgehead atoms. The zero-order valence-corrected chi connectivity index (χ0v) is 11.2. The molecule has 2 aromatic carbocycles. The Balaban J connectivity index is 2.03. The quantitative estimate of drug-likeness (QED) is 0.787. The number of nitrogens with one attached hydrogen (secondary N) is 1. The summed E-state index contributed by atoms with van der Waals surface area (Å²) in [5.74, 6) is 0. The largest absolute Gasteiger partial charge is 0.357 e. The van der Waals surface area contributed by atoms with Crippen molar-refractivity contribution in [1.82, 2.24) is 15.4 Å². The highest BCUT2D eigenvalue weighted by Crippen LogP contribution is 2.28. The van der Waals surface area contributed by atoms with Crippen molar-refractivity contribution in [3.63, 3.8) is 0 Å². The van der Waals surface area contributed by atoms with Gasteiger partial charge in [-0.05, 0) is 17.7 Å². The Morgan fingerprint density at radius 1 is 0.950 bits per heavy atom. The Morgan fingerprint density at radius 2 is 1.60 bits per heavy atom. The highest BCUT2D eigenvalue weighted by molar-refractivity contribution is 5.58. The molecule has 1 radical (unpaired) electrons. The second kappa shape index (κ2) is 5.57. The molecule has 0 unspecified atom stereocenters. The molecule has 20 heavy (non-hydrogen) atoms. The predicted octanol–water partition coefficient (Wildman–Crippen LogP) is 2.87. The lowest BCUT2D eigenvalue weighted by molar-refractivity contribution is 0.895. The molecule has 3 rings (SSSR count). The van der Waals surface area contributed by atoms with E-state index in [0.29, 0.717) is 0 Å². The van der Waals surface area contributed by atoms with Gasteiger partial charge in [0.1, 0.15) is 11.7 Å². The molecule has 0 aliphatic rings. The van der Waals surface area contributed by atoms with Crippen LogP contribution in [-0.4, -0.2) is 22.5 Å². The number of aromatic amines is 1. The monoisotopic (exact) mass is 263 g/mol. The molecule has 4 heteroatoms. The van der Waals surface area contributed by atoms with Crippen LogP contribution in [0.15, 0.2) is 66.9 Å². The van der Waals surface area contributed by atoms with Gasteiger partial charge in [-0.2, -0.15) is 0 Å². The Hall–Kier alpha value is -2.62. The first-order valence-electron chi connectivity index (χ1n) is 6.44. The van der Waals surface area contributed by atoms with Gasteiger partial charge in [-0.15, -0.1) is 5.10 Å². The summed E-state index contributed by atoms with van der Waals surface area (Å²) in [4.78, 5) is 2.12. The van der Waals surface area contributed by atoms with E-state index in [-0.39, 0.29) is 0 Å². The molecule has 0 atom stereocenters. The maximum atomic E-state index is 4.16. The molecule has 3 aromatic rings. The molecule has 1 heterocycles. The van der Waals surface area contributed by atoms with E-state index < -0.39 is 0 Å². The van der Waals surface area contributed by atoms with Crippen LogP contribution in [0.3, 0.4) is 0 Å². The molecule has 0 spiro atoms. The van der Waals surface area contributed by atoms with Crippen LogP contribution in [0.25, 0.3) is 0 Å². The second-order valence-corrected chi connectivity index (χ2v) is 4.47. The average molecular weight is 263 g/mol. The number of anilines is 1. The van der Waals surface area contributed by atoms with Crippen LogP contribution in [0.5, 0.6) is 0 Å². The smallest absolute Gasteiger partial charge is 0.145 e. The Morgan fingerprint density at radius 3 is 2.20 bits per heavy atom. The summed E-state index contributed by atoms with van der Waals surface area (Å²) in [5, 5.41) is 10.8. The Labute approximate surface area is 118 Å². The number of hydrogen-bond acceptors (Lipinski definition) is 3. The van der Waals surface area contributed by atoms with Gasteiger partial charge in [-0.1, -0.05) is 53.7 Å². The third-order valence-electron chi connectivity index (χ3n) is 3.19. The van der Waals surface area contributed by atoms with Crippen LogP contribution >= 0.6 is 0 Å². The molecular weight excluding hydrogens is 248 g/mol. The fourth-order valence-electron chi connectivity index (χ4n) is 2.21. The maximum absolute atomic E-state index is 4.16. The summed E-state index contributed by atoms with van der Waals surface area (Å²) < 4.78 is 0. The van der Waals surface area contributed by atoms with Gasteiger partial charge in [0.25, 0.3) is 0 Å². The van der Waals surface area contributed by atoms with Crippen LogP contribution in [0, 0.1) is 6.04 Å².